The Bertz CT molecular complexity index is 110. The molecule has 1 aliphatic heterocycles. The molecule has 1 saturated heterocycles. The summed E-state index contributed by atoms with van der Waals surface area (Å²) in [5.41, 5.74) is 0. The van der Waals surface area contributed by atoms with E-state index < -0.39 is 0 Å². The normalized spacial score (nSPS) is 18.1. The number of urea groups is 1. The van der Waals surface area contributed by atoms with Crippen LogP contribution in [-0.2, 0) is 4.84 Å². The molecule has 1 aliphatic rings. The van der Waals surface area contributed by atoms with E-state index >= 15 is 0 Å². The summed E-state index contributed by atoms with van der Waals surface area (Å²) in [7, 11) is 1.59. The van der Waals surface area contributed by atoms with Gasteiger partial charge in [-0.15, -0.1) is 0 Å². The molecule has 0 aromatic heterocycles. The first-order valence-electron chi connectivity index (χ1n) is 2.97. The Hall–Kier alpha value is -0.770. The van der Waals surface area contributed by atoms with Crippen LogP contribution in [0.5, 0.6) is 0 Å². The van der Waals surface area contributed by atoms with E-state index in [1.54, 1.807) is 7.05 Å². The zero-order chi connectivity index (χ0) is 6.69. The fourth-order valence-electron chi connectivity index (χ4n) is 0.732. The number of nitrogens with zero attached hydrogens (tertiary/aromatic N) is 1. The van der Waals surface area contributed by atoms with Gasteiger partial charge in [0.1, 0.15) is 0 Å². The highest BCUT2D eigenvalue weighted by Crippen LogP contribution is 2.02. The Morgan fingerprint density at radius 2 is 2.56 bits per heavy atom. The maximum absolute atomic E-state index is 10.7. The second-order valence-electron chi connectivity index (χ2n) is 1.84. The van der Waals surface area contributed by atoms with Crippen molar-refractivity contribution in [3.8, 4) is 0 Å². The Labute approximate surface area is 53.7 Å². The summed E-state index contributed by atoms with van der Waals surface area (Å²) >= 11 is 0. The smallest absolute Gasteiger partial charge is 0.339 e. The quantitative estimate of drug-likeness (QED) is 0.500. The van der Waals surface area contributed by atoms with E-state index in [1.165, 1.54) is 5.06 Å². The Morgan fingerprint density at radius 3 is 3.00 bits per heavy atom. The largest absolute Gasteiger partial charge is 0.341 e. The van der Waals surface area contributed by atoms with Crippen LogP contribution >= 0.6 is 0 Å². The molecule has 1 N–H and O–H groups in total. The van der Waals surface area contributed by atoms with Gasteiger partial charge in [-0.25, -0.2) is 9.86 Å². The molecule has 0 radical (unpaired) electrons. The second-order valence-corrected chi connectivity index (χ2v) is 1.84. The predicted octanol–water partition coefficient (Wildman–Crippen LogP) is -0.0369. The zero-order valence-electron chi connectivity index (χ0n) is 5.39. The van der Waals surface area contributed by atoms with Gasteiger partial charge in [0, 0.05) is 7.05 Å². The molecule has 0 aromatic rings. The number of hydrogen-bond donors (Lipinski definition) is 1. The minimum Gasteiger partial charge on any atom is -0.339 e. The molecule has 0 saturated carbocycles. The van der Waals surface area contributed by atoms with E-state index in [0.29, 0.717) is 13.2 Å². The highest BCUT2D eigenvalue weighted by molar-refractivity contribution is 5.72. The van der Waals surface area contributed by atoms with Gasteiger partial charge < -0.3 is 5.32 Å². The summed E-state index contributed by atoms with van der Waals surface area (Å²) in [6.07, 6.45) is 0.938. The van der Waals surface area contributed by atoms with Crippen molar-refractivity contribution in [1.29, 1.82) is 0 Å². The average Bonchev–Trinajstić information content (AvgIpc) is 2.37. The summed E-state index contributed by atoms with van der Waals surface area (Å²) in [6.45, 7) is 1.37. The monoisotopic (exact) mass is 130 g/mol. The Kier molecular flexibility index (Phi) is 1.89. The molecule has 0 aromatic carbocycles. The third kappa shape index (κ3) is 1.32. The van der Waals surface area contributed by atoms with Gasteiger partial charge in [-0.1, -0.05) is 0 Å². The zero-order valence-corrected chi connectivity index (χ0v) is 5.39. The molecule has 1 heterocycles. The molecular weight excluding hydrogens is 120 g/mol. The topological polar surface area (TPSA) is 41.6 Å². The van der Waals surface area contributed by atoms with Crippen molar-refractivity contribution in [2.45, 2.75) is 6.42 Å². The molecule has 52 valence electrons. The van der Waals surface area contributed by atoms with Gasteiger partial charge in [-0.3, -0.25) is 4.84 Å². The summed E-state index contributed by atoms with van der Waals surface area (Å²) in [5.74, 6) is 0. The lowest BCUT2D eigenvalue weighted by atomic mass is 10.5. The summed E-state index contributed by atoms with van der Waals surface area (Å²) in [5, 5.41) is 3.80. The molecule has 1 rings (SSSR count). The molecule has 1 fully saturated rings. The number of hydrogen-bond acceptors (Lipinski definition) is 2. The van der Waals surface area contributed by atoms with Gasteiger partial charge in [-0.05, 0) is 6.42 Å². The number of nitrogens with one attached hydrogen (secondary N) is 1. The van der Waals surface area contributed by atoms with Gasteiger partial charge in [0.15, 0.2) is 0 Å². The van der Waals surface area contributed by atoms with Gasteiger partial charge in [0.05, 0.1) is 13.2 Å². The third-order valence-electron chi connectivity index (χ3n) is 1.19. The van der Waals surface area contributed by atoms with E-state index in [0.717, 1.165) is 6.42 Å². The summed E-state index contributed by atoms with van der Waals surface area (Å²) in [4.78, 5) is 15.6. The fraction of sp³-hybridized carbons (Fsp3) is 0.800. The van der Waals surface area contributed by atoms with Crippen LogP contribution in [0, 0.1) is 0 Å². The maximum Gasteiger partial charge on any atom is 0.341 e. The average molecular weight is 130 g/mol. The number of hydroxylamine groups is 2. The van der Waals surface area contributed by atoms with Crippen LogP contribution in [0.15, 0.2) is 0 Å². The molecule has 4 heteroatoms. The van der Waals surface area contributed by atoms with Crippen LogP contribution in [0.2, 0.25) is 0 Å². The van der Waals surface area contributed by atoms with Crippen molar-refractivity contribution in [2.24, 2.45) is 0 Å². The molecular formula is C5H10N2O2. The molecule has 0 spiro atoms. The fourth-order valence-corrected chi connectivity index (χ4v) is 0.732. The first kappa shape index (κ1) is 6.35. The van der Waals surface area contributed by atoms with Crippen molar-refractivity contribution in [1.82, 2.24) is 10.4 Å². The van der Waals surface area contributed by atoms with Gasteiger partial charge in [0.25, 0.3) is 0 Å². The van der Waals surface area contributed by atoms with Crippen molar-refractivity contribution >= 4 is 6.03 Å². The lowest BCUT2D eigenvalue weighted by molar-refractivity contribution is -0.0656. The highest BCUT2D eigenvalue weighted by Gasteiger charge is 2.16. The molecule has 0 unspecified atom stereocenters. The van der Waals surface area contributed by atoms with Crippen LogP contribution < -0.4 is 5.32 Å². The van der Waals surface area contributed by atoms with Crippen molar-refractivity contribution < 1.29 is 9.63 Å². The number of rotatable bonds is 0. The standard InChI is InChI=1S/C5H10N2O2/c1-6-5(8)7-3-2-4-9-7/h2-4H2,1H3,(H,6,8). The first-order chi connectivity index (χ1) is 4.34. The van der Waals surface area contributed by atoms with Gasteiger partial charge >= 0.3 is 6.03 Å². The lowest BCUT2D eigenvalue weighted by Crippen LogP contribution is -2.34. The van der Waals surface area contributed by atoms with E-state index in [-0.39, 0.29) is 6.03 Å². The minimum absolute atomic E-state index is 0.160. The van der Waals surface area contributed by atoms with Crippen molar-refractivity contribution in [3.05, 3.63) is 0 Å². The molecule has 9 heavy (non-hydrogen) atoms. The third-order valence-corrected chi connectivity index (χ3v) is 1.19. The van der Waals surface area contributed by atoms with E-state index in [2.05, 4.69) is 5.32 Å². The molecule has 0 atom stereocenters. The number of carbonyl (C=O) groups is 1. The SMILES string of the molecule is CNC(=O)N1CCCO1. The number of carbonyl (C=O) groups excluding carboxylic acids is 1. The molecule has 4 nitrogen and oxygen atoms in total. The van der Waals surface area contributed by atoms with Crippen LogP contribution in [-0.4, -0.2) is 31.3 Å². The first-order valence-corrected chi connectivity index (χ1v) is 2.97. The van der Waals surface area contributed by atoms with Crippen LogP contribution in [0.4, 0.5) is 4.79 Å². The van der Waals surface area contributed by atoms with Crippen LogP contribution in [0.3, 0.4) is 0 Å². The number of amides is 2. The summed E-state index contributed by atoms with van der Waals surface area (Å²) < 4.78 is 0. The minimum atomic E-state index is -0.160. The van der Waals surface area contributed by atoms with Gasteiger partial charge in [0.2, 0.25) is 0 Å². The van der Waals surface area contributed by atoms with E-state index in [4.69, 9.17) is 4.84 Å². The Balaban J connectivity index is 2.32. The van der Waals surface area contributed by atoms with E-state index in [9.17, 15) is 4.79 Å². The summed E-state index contributed by atoms with van der Waals surface area (Å²) in [6, 6.07) is -0.160. The van der Waals surface area contributed by atoms with Crippen molar-refractivity contribution in [3.63, 3.8) is 0 Å². The molecule has 2 amide bonds. The van der Waals surface area contributed by atoms with Gasteiger partial charge in [-0.2, -0.15) is 0 Å². The Morgan fingerprint density at radius 1 is 1.78 bits per heavy atom. The maximum atomic E-state index is 10.7. The van der Waals surface area contributed by atoms with Crippen LogP contribution in [0.25, 0.3) is 0 Å². The lowest BCUT2D eigenvalue weighted by Gasteiger charge is -2.11. The second kappa shape index (κ2) is 2.68. The van der Waals surface area contributed by atoms with Crippen molar-refractivity contribution in [2.75, 3.05) is 20.2 Å². The molecule has 0 bridgehead atoms. The highest BCUT2D eigenvalue weighted by atomic mass is 16.7. The van der Waals surface area contributed by atoms with Crippen LogP contribution in [0.1, 0.15) is 6.42 Å². The molecule has 0 aliphatic carbocycles. The van der Waals surface area contributed by atoms with E-state index in [1.807, 2.05) is 0 Å². The predicted molar refractivity (Wildman–Crippen MR) is 31.7 cm³/mol.